The molecule has 1 aromatic rings. The maximum atomic E-state index is 3.83. The van der Waals surface area contributed by atoms with Crippen LogP contribution in [0.4, 0.5) is 0 Å². The lowest BCUT2D eigenvalue weighted by Gasteiger charge is -2.26. The Morgan fingerprint density at radius 2 is 1.90 bits per heavy atom. The van der Waals surface area contributed by atoms with Gasteiger partial charge in [0.15, 0.2) is 0 Å². The smallest absolute Gasteiger partial charge is 0.0208 e. The van der Waals surface area contributed by atoms with E-state index in [9.17, 15) is 0 Å². The summed E-state index contributed by atoms with van der Waals surface area (Å²) in [6.45, 7) is 6.76. The molecule has 0 spiro atoms. The average molecular weight is 286 g/mol. The van der Waals surface area contributed by atoms with Gasteiger partial charge in [0.25, 0.3) is 0 Å². The van der Waals surface area contributed by atoms with Crippen LogP contribution in [0.15, 0.2) is 24.3 Å². The van der Waals surface area contributed by atoms with Crippen molar-refractivity contribution in [1.82, 2.24) is 10.6 Å². The van der Waals surface area contributed by atoms with Crippen LogP contribution in [0.2, 0.25) is 0 Å². The van der Waals surface area contributed by atoms with Gasteiger partial charge in [-0.15, -0.1) is 0 Å². The van der Waals surface area contributed by atoms with Crippen LogP contribution in [0, 0.1) is 5.92 Å². The van der Waals surface area contributed by atoms with E-state index >= 15 is 0 Å². The average Bonchev–Trinajstić information content (AvgIpc) is 3.16. The van der Waals surface area contributed by atoms with Gasteiger partial charge >= 0.3 is 0 Å². The molecule has 3 atom stereocenters. The van der Waals surface area contributed by atoms with E-state index in [0.717, 1.165) is 18.5 Å². The van der Waals surface area contributed by atoms with Gasteiger partial charge in [0.05, 0.1) is 0 Å². The Hall–Kier alpha value is -0.860. The molecule has 1 aliphatic heterocycles. The van der Waals surface area contributed by atoms with Crippen molar-refractivity contribution in [1.29, 1.82) is 0 Å². The monoisotopic (exact) mass is 286 g/mol. The number of hydrogen-bond donors (Lipinski definition) is 2. The van der Waals surface area contributed by atoms with E-state index < -0.39 is 0 Å². The fourth-order valence-corrected chi connectivity index (χ4v) is 4.07. The molecule has 1 aromatic carbocycles. The van der Waals surface area contributed by atoms with Crippen molar-refractivity contribution < 1.29 is 0 Å². The van der Waals surface area contributed by atoms with Gasteiger partial charge in [-0.25, -0.2) is 0 Å². The highest BCUT2D eigenvalue weighted by Crippen LogP contribution is 2.32. The molecule has 21 heavy (non-hydrogen) atoms. The molecule has 3 rings (SSSR count). The lowest BCUT2D eigenvalue weighted by Crippen LogP contribution is -2.41. The zero-order valence-electron chi connectivity index (χ0n) is 13.6. The standard InChI is InChI=1S/C19H30N2/c1-14(2)16-10-8-15(9-11-16)13-21-19-6-3-5-17(19)18-7-4-12-20-18/h8-11,14,17-21H,3-7,12-13H2,1-2H3. The number of nitrogens with one attached hydrogen (secondary N) is 2. The van der Waals surface area contributed by atoms with Gasteiger partial charge in [-0.2, -0.15) is 0 Å². The molecule has 2 nitrogen and oxygen atoms in total. The van der Waals surface area contributed by atoms with E-state index in [4.69, 9.17) is 0 Å². The van der Waals surface area contributed by atoms with Gasteiger partial charge in [0.1, 0.15) is 0 Å². The molecular formula is C19H30N2. The Balaban J connectivity index is 1.53. The van der Waals surface area contributed by atoms with Crippen LogP contribution < -0.4 is 10.6 Å². The van der Waals surface area contributed by atoms with Crippen LogP contribution in [0.5, 0.6) is 0 Å². The quantitative estimate of drug-likeness (QED) is 0.860. The zero-order chi connectivity index (χ0) is 14.7. The molecule has 116 valence electrons. The van der Waals surface area contributed by atoms with E-state index in [1.807, 2.05) is 0 Å². The Morgan fingerprint density at radius 1 is 1.10 bits per heavy atom. The molecule has 1 saturated carbocycles. The largest absolute Gasteiger partial charge is 0.314 e. The third-order valence-corrected chi connectivity index (χ3v) is 5.40. The summed E-state index contributed by atoms with van der Waals surface area (Å²) in [7, 11) is 0. The second kappa shape index (κ2) is 6.93. The number of benzene rings is 1. The maximum absolute atomic E-state index is 3.83. The fourth-order valence-electron chi connectivity index (χ4n) is 4.07. The summed E-state index contributed by atoms with van der Waals surface area (Å²) in [6, 6.07) is 10.6. The van der Waals surface area contributed by atoms with Gasteiger partial charge in [0.2, 0.25) is 0 Å². The lowest BCUT2D eigenvalue weighted by atomic mass is 9.93. The van der Waals surface area contributed by atoms with Crippen LogP contribution in [-0.2, 0) is 6.54 Å². The molecule has 2 fully saturated rings. The zero-order valence-corrected chi connectivity index (χ0v) is 13.6. The molecular weight excluding hydrogens is 256 g/mol. The van der Waals surface area contributed by atoms with E-state index in [0.29, 0.717) is 12.0 Å². The Labute approximate surface area is 129 Å². The summed E-state index contributed by atoms with van der Waals surface area (Å²) < 4.78 is 0. The Kier molecular flexibility index (Phi) is 4.97. The second-order valence-corrected chi connectivity index (χ2v) is 7.18. The first kappa shape index (κ1) is 15.1. The van der Waals surface area contributed by atoms with Crippen LogP contribution in [0.25, 0.3) is 0 Å². The molecule has 2 aliphatic rings. The summed E-state index contributed by atoms with van der Waals surface area (Å²) >= 11 is 0. The molecule has 1 saturated heterocycles. The van der Waals surface area contributed by atoms with Crippen LogP contribution in [-0.4, -0.2) is 18.6 Å². The first-order valence-corrected chi connectivity index (χ1v) is 8.79. The highest BCUT2D eigenvalue weighted by atomic mass is 15.0. The van der Waals surface area contributed by atoms with Crippen molar-refractivity contribution in [3.8, 4) is 0 Å². The molecule has 1 heterocycles. The number of rotatable bonds is 5. The summed E-state index contributed by atoms with van der Waals surface area (Å²) in [4.78, 5) is 0. The molecule has 2 N–H and O–H groups in total. The normalized spacial score (nSPS) is 29.4. The van der Waals surface area contributed by atoms with Crippen LogP contribution in [0.1, 0.15) is 63.0 Å². The minimum atomic E-state index is 0.625. The van der Waals surface area contributed by atoms with Crippen molar-refractivity contribution >= 4 is 0 Å². The molecule has 0 aromatic heterocycles. The first-order chi connectivity index (χ1) is 10.2. The van der Waals surface area contributed by atoms with Gasteiger partial charge in [-0.3, -0.25) is 0 Å². The van der Waals surface area contributed by atoms with Gasteiger partial charge in [-0.05, 0) is 55.2 Å². The molecule has 0 bridgehead atoms. The van der Waals surface area contributed by atoms with Crippen molar-refractivity contribution in [3.05, 3.63) is 35.4 Å². The highest BCUT2D eigenvalue weighted by molar-refractivity contribution is 5.24. The molecule has 1 aliphatic carbocycles. The Morgan fingerprint density at radius 3 is 2.57 bits per heavy atom. The first-order valence-electron chi connectivity index (χ1n) is 8.79. The minimum absolute atomic E-state index is 0.625. The van der Waals surface area contributed by atoms with E-state index in [1.165, 1.54) is 49.8 Å². The summed E-state index contributed by atoms with van der Waals surface area (Å²) in [5.74, 6) is 1.47. The molecule has 0 radical (unpaired) electrons. The predicted octanol–water partition coefficient (Wildman–Crippen LogP) is 3.82. The Bertz CT molecular complexity index is 431. The SMILES string of the molecule is CC(C)c1ccc(CNC2CCCC2C2CCCN2)cc1. The van der Waals surface area contributed by atoms with Crippen molar-refractivity contribution in [3.63, 3.8) is 0 Å². The highest BCUT2D eigenvalue weighted by Gasteiger charge is 2.34. The van der Waals surface area contributed by atoms with Gasteiger partial charge in [-0.1, -0.05) is 44.5 Å². The molecule has 2 heteroatoms. The third-order valence-electron chi connectivity index (χ3n) is 5.40. The van der Waals surface area contributed by atoms with Gasteiger partial charge in [0, 0.05) is 18.6 Å². The van der Waals surface area contributed by atoms with E-state index in [-0.39, 0.29) is 0 Å². The molecule has 0 amide bonds. The summed E-state index contributed by atoms with van der Waals surface area (Å²) in [6.07, 6.45) is 6.90. The van der Waals surface area contributed by atoms with E-state index in [2.05, 4.69) is 48.7 Å². The van der Waals surface area contributed by atoms with E-state index in [1.54, 1.807) is 0 Å². The van der Waals surface area contributed by atoms with Crippen molar-refractivity contribution in [2.24, 2.45) is 5.92 Å². The second-order valence-electron chi connectivity index (χ2n) is 7.18. The van der Waals surface area contributed by atoms with Crippen molar-refractivity contribution in [2.75, 3.05) is 6.54 Å². The molecule has 3 unspecified atom stereocenters. The predicted molar refractivity (Wildman–Crippen MR) is 89.5 cm³/mol. The fraction of sp³-hybridized carbons (Fsp3) is 0.684. The summed E-state index contributed by atoms with van der Waals surface area (Å²) in [5, 5.41) is 7.54. The van der Waals surface area contributed by atoms with Crippen molar-refractivity contribution in [2.45, 2.75) is 70.5 Å². The van der Waals surface area contributed by atoms with Crippen LogP contribution >= 0.6 is 0 Å². The van der Waals surface area contributed by atoms with Crippen LogP contribution in [0.3, 0.4) is 0 Å². The third kappa shape index (κ3) is 3.67. The minimum Gasteiger partial charge on any atom is -0.314 e. The summed E-state index contributed by atoms with van der Waals surface area (Å²) in [5.41, 5.74) is 2.86. The number of hydrogen-bond acceptors (Lipinski definition) is 2. The topological polar surface area (TPSA) is 24.1 Å². The lowest BCUT2D eigenvalue weighted by molar-refractivity contribution is 0.320. The maximum Gasteiger partial charge on any atom is 0.0208 e. The van der Waals surface area contributed by atoms with Gasteiger partial charge < -0.3 is 10.6 Å².